The Morgan fingerprint density at radius 3 is 2.34 bits per heavy atom. The molecule has 162 valence electrons. The van der Waals surface area contributed by atoms with Crippen molar-refractivity contribution in [1.82, 2.24) is 0 Å². The first-order chi connectivity index (χ1) is 15.3. The molecule has 1 aliphatic heterocycles. The molecule has 4 rings (SSSR count). The van der Waals surface area contributed by atoms with Gasteiger partial charge in [-0.2, -0.15) is 0 Å². The highest BCUT2D eigenvalue weighted by molar-refractivity contribution is 6.51. The smallest absolute Gasteiger partial charge is 0.300 e. The fraction of sp³-hybridized carbons (Fsp3) is 0.154. The Hall–Kier alpha value is -3.93. The maximum absolute atomic E-state index is 13.6. The first-order valence-electron chi connectivity index (χ1n) is 10.1. The van der Waals surface area contributed by atoms with Gasteiger partial charge in [-0.1, -0.05) is 42.0 Å². The van der Waals surface area contributed by atoms with E-state index in [4.69, 9.17) is 4.74 Å². The second-order valence-corrected chi connectivity index (χ2v) is 7.71. The zero-order valence-electron chi connectivity index (χ0n) is 17.9. The van der Waals surface area contributed by atoms with Crippen LogP contribution in [0.3, 0.4) is 0 Å². The fourth-order valence-corrected chi connectivity index (χ4v) is 4.03. The number of carbonyl (C=O) groups is 2. The van der Waals surface area contributed by atoms with Crippen LogP contribution in [0.4, 0.5) is 10.1 Å². The number of carbonyl (C=O) groups excluding carboxylic acids is 2. The van der Waals surface area contributed by atoms with E-state index in [0.29, 0.717) is 22.6 Å². The minimum atomic E-state index is -0.929. The number of hydrogen-bond acceptors (Lipinski definition) is 4. The Labute approximate surface area is 185 Å². The number of benzene rings is 3. The van der Waals surface area contributed by atoms with Crippen LogP contribution in [0.1, 0.15) is 28.3 Å². The lowest BCUT2D eigenvalue weighted by atomic mass is 9.94. The first-order valence-corrected chi connectivity index (χ1v) is 10.1. The molecule has 1 aliphatic rings. The van der Waals surface area contributed by atoms with Crippen LogP contribution in [0.15, 0.2) is 72.3 Å². The number of aryl methyl sites for hydroxylation is 2. The maximum Gasteiger partial charge on any atom is 0.300 e. The largest absolute Gasteiger partial charge is 0.507 e. The lowest BCUT2D eigenvalue weighted by molar-refractivity contribution is -0.132. The summed E-state index contributed by atoms with van der Waals surface area (Å²) in [6, 6.07) is 17.0. The zero-order chi connectivity index (χ0) is 23.0. The van der Waals surface area contributed by atoms with Crippen LogP contribution in [0.25, 0.3) is 5.76 Å². The second kappa shape index (κ2) is 8.30. The fourth-order valence-electron chi connectivity index (χ4n) is 4.03. The molecular weight excluding hydrogens is 409 g/mol. The van der Waals surface area contributed by atoms with E-state index in [9.17, 15) is 19.1 Å². The van der Waals surface area contributed by atoms with E-state index < -0.39 is 23.5 Å². The minimum Gasteiger partial charge on any atom is -0.507 e. The first kappa shape index (κ1) is 21.3. The van der Waals surface area contributed by atoms with Crippen molar-refractivity contribution in [2.75, 3.05) is 12.0 Å². The standard InChI is InChI=1S/C26H22FNO4/c1-15-8-13-21(32-3)19(14-15)24(29)22-23(17-9-11-18(27)12-10-17)28(26(31)25(22)30)20-7-5-4-6-16(20)2/h4-14,23,29H,1-3H3/b24-22+. The second-order valence-electron chi connectivity index (χ2n) is 7.71. The highest BCUT2D eigenvalue weighted by Crippen LogP contribution is 2.44. The quantitative estimate of drug-likeness (QED) is 0.356. The summed E-state index contributed by atoms with van der Waals surface area (Å²) in [7, 11) is 1.46. The molecule has 0 bridgehead atoms. The van der Waals surface area contributed by atoms with E-state index in [1.165, 1.54) is 36.3 Å². The summed E-state index contributed by atoms with van der Waals surface area (Å²) in [6.45, 7) is 3.68. The zero-order valence-corrected chi connectivity index (χ0v) is 17.9. The number of methoxy groups -OCH3 is 1. The van der Waals surface area contributed by atoms with Gasteiger partial charge < -0.3 is 9.84 Å². The van der Waals surface area contributed by atoms with Crippen LogP contribution < -0.4 is 9.64 Å². The summed E-state index contributed by atoms with van der Waals surface area (Å²) in [5, 5.41) is 11.3. The molecule has 32 heavy (non-hydrogen) atoms. The molecule has 1 N–H and O–H groups in total. The van der Waals surface area contributed by atoms with Crippen molar-refractivity contribution in [2.45, 2.75) is 19.9 Å². The van der Waals surface area contributed by atoms with Gasteiger partial charge in [-0.3, -0.25) is 14.5 Å². The highest BCUT2D eigenvalue weighted by atomic mass is 19.1. The number of ketones is 1. The van der Waals surface area contributed by atoms with Crippen LogP contribution in [-0.2, 0) is 9.59 Å². The number of halogens is 1. The SMILES string of the molecule is COc1ccc(C)cc1/C(O)=C1\C(=O)C(=O)N(c2ccccc2C)C1c1ccc(F)cc1. The Bertz CT molecular complexity index is 1250. The summed E-state index contributed by atoms with van der Waals surface area (Å²) >= 11 is 0. The van der Waals surface area contributed by atoms with Gasteiger partial charge in [-0.25, -0.2) is 4.39 Å². The number of rotatable bonds is 4. The Balaban J connectivity index is 2.01. The van der Waals surface area contributed by atoms with Crippen LogP contribution in [0.5, 0.6) is 5.75 Å². The van der Waals surface area contributed by atoms with Gasteiger partial charge in [0.1, 0.15) is 17.3 Å². The third-order valence-corrected chi connectivity index (χ3v) is 5.62. The molecule has 1 fully saturated rings. The summed E-state index contributed by atoms with van der Waals surface area (Å²) in [6.07, 6.45) is 0. The molecule has 0 radical (unpaired) electrons. The lowest BCUT2D eigenvalue weighted by Gasteiger charge is -2.27. The minimum absolute atomic E-state index is 0.0752. The predicted molar refractivity (Wildman–Crippen MR) is 120 cm³/mol. The highest BCUT2D eigenvalue weighted by Gasteiger charge is 2.47. The van der Waals surface area contributed by atoms with Gasteiger partial charge in [-0.05, 0) is 55.3 Å². The summed E-state index contributed by atoms with van der Waals surface area (Å²) in [5.41, 5.74) is 2.91. The van der Waals surface area contributed by atoms with Crippen LogP contribution >= 0.6 is 0 Å². The number of para-hydroxylation sites is 1. The Morgan fingerprint density at radius 1 is 1.00 bits per heavy atom. The van der Waals surface area contributed by atoms with Gasteiger partial charge in [0.25, 0.3) is 11.7 Å². The van der Waals surface area contributed by atoms with Crippen molar-refractivity contribution in [3.63, 3.8) is 0 Å². The van der Waals surface area contributed by atoms with Gasteiger partial charge in [0.15, 0.2) is 0 Å². The van der Waals surface area contributed by atoms with Crippen LogP contribution in [0, 0.1) is 19.7 Å². The number of nitrogens with zero attached hydrogens (tertiary/aromatic N) is 1. The molecule has 0 spiro atoms. The third-order valence-electron chi connectivity index (χ3n) is 5.62. The van der Waals surface area contributed by atoms with Gasteiger partial charge in [0.05, 0.1) is 24.3 Å². The molecule has 5 nitrogen and oxygen atoms in total. The number of amides is 1. The predicted octanol–water partition coefficient (Wildman–Crippen LogP) is 5.08. The molecule has 1 saturated heterocycles. The van der Waals surface area contributed by atoms with Crippen molar-refractivity contribution < 1.29 is 23.8 Å². The van der Waals surface area contributed by atoms with Gasteiger partial charge in [0.2, 0.25) is 0 Å². The molecule has 1 amide bonds. The van der Waals surface area contributed by atoms with Gasteiger partial charge in [-0.15, -0.1) is 0 Å². The van der Waals surface area contributed by atoms with Crippen molar-refractivity contribution in [2.24, 2.45) is 0 Å². The number of aliphatic hydroxyl groups excluding tert-OH is 1. The summed E-state index contributed by atoms with van der Waals surface area (Å²) in [5.74, 6) is -1.99. The molecular formula is C26H22FNO4. The average molecular weight is 431 g/mol. The molecule has 3 aromatic carbocycles. The molecule has 0 aromatic heterocycles. The van der Waals surface area contributed by atoms with E-state index in [1.807, 2.05) is 32.0 Å². The van der Waals surface area contributed by atoms with E-state index in [-0.39, 0.29) is 11.3 Å². The van der Waals surface area contributed by atoms with E-state index in [2.05, 4.69) is 0 Å². The molecule has 6 heteroatoms. The van der Waals surface area contributed by atoms with Gasteiger partial charge >= 0.3 is 0 Å². The Morgan fingerprint density at radius 2 is 1.69 bits per heavy atom. The molecule has 1 unspecified atom stereocenters. The van der Waals surface area contributed by atoms with Gasteiger partial charge in [0, 0.05) is 5.69 Å². The normalized spacial score (nSPS) is 17.6. The van der Waals surface area contributed by atoms with Crippen molar-refractivity contribution in [3.8, 4) is 5.75 Å². The van der Waals surface area contributed by atoms with Crippen LogP contribution in [0.2, 0.25) is 0 Å². The average Bonchev–Trinajstić information content (AvgIpc) is 3.04. The number of ether oxygens (including phenoxy) is 1. The molecule has 3 aromatic rings. The molecule has 0 aliphatic carbocycles. The summed E-state index contributed by atoms with van der Waals surface area (Å²) in [4.78, 5) is 27.8. The molecule has 1 heterocycles. The van der Waals surface area contributed by atoms with E-state index in [1.54, 1.807) is 24.3 Å². The van der Waals surface area contributed by atoms with Crippen molar-refractivity contribution in [1.29, 1.82) is 0 Å². The molecule has 1 atom stereocenters. The topological polar surface area (TPSA) is 66.8 Å². The molecule has 0 saturated carbocycles. The van der Waals surface area contributed by atoms with Crippen LogP contribution in [-0.4, -0.2) is 23.9 Å². The number of aliphatic hydroxyl groups is 1. The van der Waals surface area contributed by atoms with Crippen molar-refractivity contribution >= 4 is 23.1 Å². The van der Waals surface area contributed by atoms with E-state index >= 15 is 0 Å². The Kier molecular flexibility index (Phi) is 5.53. The monoisotopic (exact) mass is 431 g/mol. The lowest BCUT2D eigenvalue weighted by Crippen LogP contribution is -2.30. The van der Waals surface area contributed by atoms with E-state index in [0.717, 1.165) is 11.1 Å². The number of Topliss-reactive ketones (excluding diaryl/α,β-unsaturated/α-hetero) is 1. The van der Waals surface area contributed by atoms with Crippen molar-refractivity contribution in [3.05, 3.63) is 100 Å². The third kappa shape index (κ3) is 3.54. The number of hydrogen-bond donors (Lipinski definition) is 1. The number of anilines is 1. The summed E-state index contributed by atoms with van der Waals surface area (Å²) < 4.78 is 19.0. The maximum atomic E-state index is 13.6.